The van der Waals surface area contributed by atoms with E-state index in [4.69, 9.17) is 4.74 Å². The molecule has 4 aliphatic carbocycles. The Morgan fingerprint density at radius 3 is 2.06 bits per heavy atom. The fourth-order valence-electron chi connectivity index (χ4n) is 4.81. The van der Waals surface area contributed by atoms with Gasteiger partial charge in [-0.2, -0.15) is 0 Å². The van der Waals surface area contributed by atoms with Crippen molar-refractivity contribution < 1.29 is 14.6 Å². The first-order valence-electron chi connectivity index (χ1n) is 7.03. The summed E-state index contributed by atoms with van der Waals surface area (Å²) in [7, 11) is 0. The van der Waals surface area contributed by atoms with Crippen LogP contribution in [0.5, 0.6) is 0 Å². The largest absolute Gasteiger partial charge is 0.432 e. The predicted octanol–water partition coefficient (Wildman–Crippen LogP) is 2.64. The van der Waals surface area contributed by atoms with Crippen LogP contribution in [-0.2, 0) is 9.53 Å². The van der Waals surface area contributed by atoms with Crippen LogP contribution in [0.3, 0.4) is 0 Å². The molecular weight excluding hydrogens is 228 g/mol. The Hall–Kier alpha value is -0.830. The van der Waals surface area contributed by atoms with Crippen molar-refractivity contribution in [3.05, 3.63) is 12.2 Å². The molecule has 0 amide bonds. The standard InChI is InChI=1S/C15H22O3/c1-9(2)13(16)18-14(17)15-6-10-3-11(7-15)5-12(4-10)8-15/h10-12,14,17H,1,3-8H2,2H3. The van der Waals surface area contributed by atoms with E-state index in [0.717, 1.165) is 37.0 Å². The van der Waals surface area contributed by atoms with E-state index < -0.39 is 12.3 Å². The van der Waals surface area contributed by atoms with Crippen LogP contribution in [0.2, 0.25) is 0 Å². The highest BCUT2D eigenvalue weighted by Crippen LogP contribution is 2.61. The Labute approximate surface area is 108 Å². The normalized spacial score (nSPS) is 42.7. The van der Waals surface area contributed by atoms with Crippen LogP contribution < -0.4 is 0 Å². The van der Waals surface area contributed by atoms with Crippen LogP contribution in [0, 0.1) is 23.2 Å². The average Bonchev–Trinajstić information content (AvgIpc) is 2.26. The second kappa shape index (κ2) is 4.09. The smallest absolute Gasteiger partial charge is 0.335 e. The molecule has 0 aromatic carbocycles. The number of ether oxygens (including phenoxy) is 1. The minimum atomic E-state index is -0.935. The highest BCUT2D eigenvalue weighted by atomic mass is 16.6. The van der Waals surface area contributed by atoms with E-state index in [0.29, 0.717) is 5.57 Å². The van der Waals surface area contributed by atoms with Crippen molar-refractivity contribution in [2.75, 3.05) is 0 Å². The molecule has 1 N–H and O–H groups in total. The lowest BCUT2D eigenvalue weighted by atomic mass is 9.49. The van der Waals surface area contributed by atoms with Gasteiger partial charge in [-0.3, -0.25) is 0 Å². The molecule has 0 radical (unpaired) electrons. The summed E-state index contributed by atoms with van der Waals surface area (Å²) in [6.45, 7) is 5.19. The van der Waals surface area contributed by atoms with E-state index >= 15 is 0 Å². The summed E-state index contributed by atoms with van der Waals surface area (Å²) in [4.78, 5) is 11.6. The lowest BCUT2D eigenvalue weighted by Gasteiger charge is -2.57. The van der Waals surface area contributed by atoms with Crippen molar-refractivity contribution in [2.24, 2.45) is 23.2 Å². The van der Waals surface area contributed by atoms with Gasteiger partial charge in [0, 0.05) is 11.0 Å². The summed E-state index contributed by atoms with van der Waals surface area (Å²) in [6.07, 6.45) is 6.12. The van der Waals surface area contributed by atoms with Crippen LogP contribution in [0.1, 0.15) is 45.4 Å². The molecule has 100 valence electrons. The molecule has 1 atom stereocenters. The Morgan fingerprint density at radius 1 is 1.22 bits per heavy atom. The van der Waals surface area contributed by atoms with Gasteiger partial charge < -0.3 is 9.84 Å². The molecule has 4 bridgehead atoms. The van der Waals surface area contributed by atoms with Crippen LogP contribution in [0.4, 0.5) is 0 Å². The van der Waals surface area contributed by atoms with Crippen LogP contribution in [-0.4, -0.2) is 17.4 Å². The van der Waals surface area contributed by atoms with E-state index in [1.165, 1.54) is 19.3 Å². The molecule has 0 aromatic rings. The average molecular weight is 250 g/mol. The first-order chi connectivity index (χ1) is 8.48. The Morgan fingerprint density at radius 2 is 1.67 bits per heavy atom. The molecule has 1 unspecified atom stereocenters. The molecule has 0 aromatic heterocycles. The number of aliphatic hydroxyl groups excluding tert-OH is 1. The van der Waals surface area contributed by atoms with Gasteiger partial charge in [-0.25, -0.2) is 4.79 Å². The fraction of sp³-hybridized carbons (Fsp3) is 0.800. The number of carbonyl (C=O) groups excluding carboxylic acids is 1. The van der Waals surface area contributed by atoms with Crippen molar-refractivity contribution in [2.45, 2.75) is 51.7 Å². The lowest BCUT2D eigenvalue weighted by Crippen LogP contribution is -2.52. The fourth-order valence-corrected chi connectivity index (χ4v) is 4.81. The minimum absolute atomic E-state index is 0.153. The second-order valence-corrected chi connectivity index (χ2v) is 6.82. The third-order valence-electron chi connectivity index (χ3n) is 5.18. The summed E-state index contributed by atoms with van der Waals surface area (Å²) < 4.78 is 5.21. The van der Waals surface area contributed by atoms with Gasteiger partial charge in [0.2, 0.25) is 6.29 Å². The second-order valence-electron chi connectivity index (χ2n) is 6.82. The molecular formula is C15H22O3. The Balaban J connectivity index is 1.74. The minimum Gasteiger partial charge on any atom is -0.432 e. The number of carbonyl (C=O) groups is 1. The van der Waals surface area contributed by atoms with Crippen LogP contribution in [0.25, 0.3) is 0 Å². The third kappa shape index (κ3) is 1.89. The van der Waals surface area contributed by atoms with E-state index in [-0.39, 0.29) is 5.41 Å². The summed E-state index contributed by atoms with van der Waals surface area (Å²) >= 11 is 0. The summed E-state index contributed by atoms with van der Waals surface area (Å²) in [5, 5.41) is 10.3. The zero-order chi connectivity index (χ0) is 12.9. The van der Waals surface area contributed by atoms with E-state index in [2.05, 4.69) is 6.58 Å². The maximum absolute atomic E-state index is 11.6. The first kappa shape index (κ1) is 12.2. The van der Waals surface area contributed by atoms with E-state index in [9.17, 15) is 9.90 Å². The van der Waals surface area contributed by atoms with Crippen molar-refractivity contribution in [3.8, 4) is 0 Å². The van der Waals surface area contributed by atoms with E-state index in [1.54, 1.807) is 6.92 Å². The number of aliphatic hydroxyl groups is 1. The topological polar surface area (TPSA) is 46.5 Å². The molecule has 4 rings (SSSR count). The SMILES string of the molecule is C=C(C)C(=O)OC(O)C12CC3CC(CC(C3)C1)C2. The first-order valence-corrected chi connectivity index (χ1v) is 7.03. The van der Waals surface area contributed by atoms with Crippen molar-refractivity contribution in [3.63, 3.8) is 0 Å². The molecule has 3 nitrogen and oxygen atoms in total. The quantitative estimate of drug-likeness (QED) is 0.476. The third-order valence-corrected chi connectivity index (χ3v) is 5.18. The van der Waals surface area contributed by atoms with Gasteiger partial charge >= 0.3 is 5.97 Å². The molecule has 4 aliphatic rings. The highest BCUT2D eigenvalue weighted by molar-refractivity contribution is 5.87. The Bertz CT molecular complexity index is 350. The number of rotatable bonds is 3. The van der Waals surface area contributed by atoms with Crippen LogP contribution in [0.15, 0.2) is 12.2 Å². The summed E-state index contributed by atoms with van der Waals surface area (Å²) in [5.41, 5.74) is 0.207. The van der Waals surface area contributed by atoms with Gasteiger partial charge in [-0.15, -0.1) is 0 Å². The Kier molecular flexibility index (Phi) is 2.77. The lowest BCUT2D eigenvalue weighted by molar-refractivity contribution is -0.223. The molecule has 0 saturated heterocycles. The molecule has 0 heterocycles. The van der Waals surface area contributed by atoms with Crippen molar-refractivity contribution in [1.29, 1.82) is 0 Å². The van der Waals surface area contributed by atoms with Gasteiger partial charge in [-0.05, 0) is 63.2 Å². The highest BCUT2D eigenvalue weighted by Gasteiger charge is 2.55. The zero-order valence-corrected chi connectivity index (χ0v) is 11.0. The predicted molar refractivity (Wildman–Crippen MR) is 67.5 cm³/mol. The van der Waals surface area contributed by atoms with Gasteiger partial charge in [0.05, 0.1) is 0 Å². The number of esters is 1. The molecule has 4 saturated carbocycles. The number of hydrogen-bond acceptors (Lipinski definition) is 3. The van der Waals surface area contributed by atoms with Crippen LogP contribution >= 0.6 is 0 Å². The molecule has 0 aliphatic heterocycles. The zero-order valence-electron chi connectivity index (χ0n) is 11.0. The molecule has 4 fully saturated rings. The molecule has 3 heteroatoms. The van der Waals surface area contributed by atoms with Crippen molar-refractivity contribution in [1.82, 2.24) is 0 Å². The summed E-state index contributed by atoms with van der Waals surface area (Å²) in [6, 6.07) is 0. The van der Waals surface area contributed by atoms with Gasteiger partial charge in [0.25, 0.3) is 0 Å². The monoisotopic (exact) mass is 250 g/mol. The molecule has 0 spiro atoms. The summed E-state index contributed by atoms with van der Waals surface area (Å²) in [5.74, 6) is 1.77. The van der Waals surface area contributed by atoms with Gasteiger partial charge in [0.1, 0.15) is 0 Å². The maximum atomic E-state index is 11.6. The maximum Gasteiger partial charge on any atom is 0.335 e. The van der Waals surface area contributed by atoms with Crippen molar-refractivity contribution >= 4 is 5.97 Å². The van der Waals surface area contributed by atoms with Gasteiger partial charge in [-0.1, -0.05) is 6.58 Å². The molecule has 18 heavy (non-hydrogen) atoms. The number of hydrogen-bond donors (Lipinski definition) is 1. The van der Waals surface area contributed by atoms with E-state index in [1.807, 2.05) is 0 Å². The van der Waals surface area contributed by atoms with Gasteiger partial charge in [0.15, 0.2) is 0 Å².